The van der Waals surface area contributed by atoms with Gasteiger partial charge in [-0.25, -0.2) is 4.98 Å². The van der Waals surface area contributed by atoms with Crippen LogP contribution in [0.2, 0.25) is 5.02 Å². The van der Waals surface area contributed by atoms with Crippen LogP contribution >= 0.6 is 11.6 Å². The minimum atomic E-state index is 0.0821. The topological polar surface area (TPSA) is 83.1 Å². The first-order valence-corrected chi connectivity index (χ1v) is 11.3. The third-order valence-corrected chi connectivity index (χ3v) is 6.48. The van der Waals surface area contributed by atoms with E-state index in [4.69, 9.17) is 26.1 Å². The van der Waals surface area contributed by atoms with Crippen molar-refractivity contribution >= 4 is 40.6 Å². The summed E-state index contributed by atoms with van der Waals surface area (Å²) < 4.78 is 12.1. The summed E-state index contributed by atoms with van der Waals surface area (Å²) in [5.74, 6) is 1.90. The van der Waals surface area contributed by atoms with E-state index < -0.39 is 0 Å². The molecular formula is C22H27ClN6O3. The standard InChI is InChI=1S/C22H27ClN6O3/c1-27-5-6-29-16(12-27)13-31-7-8-32-18-10-15(25-21-17(23)11-24-22(29)26-21)9-14-3-4-19(30)28(2)20(14)18/h9-11,16H,3-8,12-13H2,1-2H3,(H,24,25,26)/t16-/m0/s1. The zero-order valence-electron chi connectivity index (χ0n) is 18.3. The average Bonchev–Trinajstić information content (AvgIpc) is 2.77. The van der Waals surface area contributed by atoms with Crippen LogP contribution < -0.4 is 19.9 Å². The molecule has 1 amide bonds. The van der Waals surface area contributed by atoms with Gasteiger partial charge in [0, 0.05) is 44.9 Å². The van der Waals surface area contributed by atoms with Crippen molar-refractivity contribution in [3.8, 4) is 5.75 Å². The Hall–Kier alpha value is -2.62. The van der Waals surface area contributed by atoms with Crippen LogP contribution in [0.1, 0.15) is 12.0 Å². The van der Waals surface area contributed by atoms with Crippen LogP contribution in [-0.4, -0.2) is 80.4 Å². The first-order valence-electron chi connectivity index (χ1n) is 10.9. The number of hydrogen-bond acceptors (Lipinski definition) is 8. The van der Waals surface area contributed by atoms with Gasteiger partial charge in [-0.1, -0.05) is 11.6 Å². The van der Waals surface area contributed by atoms with E-state index in [0.717, 1.165) is 36.6 Å². The second kappa shape index (κ2) is 8.73. The molecule has 1 atom stereocenters. The quantitative estimate of drug-likeness (QED) is 0.644. The van der Waals surface area contributed by atoms with Crippen molar-refractivity contribution in [1.29, 1.82) is 0 Å². The summed E-state index contributed by atoms with van der Waals surface area (Å²) >= 11 is 6.45. The molecule has 0 saturated carbocycles. The van der Waals surface area contributed by atoms with Crippen molar-refractivity contribution < 1.29 is 14.3 Å². The molecule has 1 aromatic carbocycles. The third-order valence-electron chi connectivity index (χ3n) is 6.20. The molecule has 170 valence electrons. The number of aromatic nitrogens is 2. The number of ether oxygens (including phenoxy) is 2. The van der Waals surface area contributed by atoms with Crippen molar-refractivity contribution in [1.82, 2.24) is 14.9 Å². The Bertz CT molecular complexity index is 1030. The van der Waals surface area contributed by atoms with Crippen molar-refractivity contribution in [3.63, 3.8) is 0 Å². The number of fused-ring (bicyclic) bond motifs is 8. The highest BCUT2D eigenvalue weighted by Gasteiger charge is 2.29. The average molecular weight is 459 g/mol. The van der Waals surface area contributed by atoms with Crippen LogP contribution in [0, 0.1) is 0 Å². The number of likely N-dealkylation sites (N-methyl/N-ethyl adjacent to an activating group) is 1. The molecule has 3 aliphatic rings. The minimum absolute atomic E-state index is 0.0821. The van der Waals surface area contributed by atoms with E-state index in [9.17, 15) is 4.79 Å². The maximum atomic E-state index is 12.3. The van der Waals surface area contributed by atoms with Gasteiger partial charge in [-0.15, -0.1) is 0 Å². The summed E-state index contributed by atoms with van der Waals surface area (Å²) in [6, 6.07) is 4.04. The van der Waals surface area contributed by atoms with Gasteiger partial charge in [-0.2, -0.15) is 4.98 Å². The van der Waals surface area contributed by atoms with Crippen LogP contribution in [0.3, 0.4) is 0 Å². The van der Waals surface area contributed by atoms with Crippen molar-refractivity contribution in [2.75, 3.05) is 68.7 Å². The molecule has 10 heteroatoms. The van der Waals surface area contributed by atoms with E-state index in [0.29, 0.717) is 55.2 Å². The molecule has 1 saturated heterocycles. The molecule has 4 heterocycles. The van der Waals surface area contributed by atoms with Crippen molar-refractivity contribution in [3.05, 3.63) is 28.9 Å². The largest absolute Gasteiger partial charge is 0.489 e. The van der Waals surface area contributed by atoms with Gasteiger partial charge in [-0.3, -0.25) is 4.79 Å². The molecule has 1 N–H and O–H groups in total. The lowest BCUT2D eigenvalue weighted by Crippen LogP contribution is -2.54. The molecule has 1 fully saturated rings. The highest BCUT2D eigenvalue weighted by atomic mass is 35.5. The number of carbonyl (C=O) groups excluding carboxylic acids is 1. The highest BCUT2D eigenvalue weighted by Crippen LogP contribution is 2.40. The number of anilines is 4. The number of benzene rings is 1. The van der Waals surface area contributed by atoms with Crippen molar-refractivity contribution in [2.24, 2.45) is 0 Å². The van der Waals surface area contributed by atoms with Crippen LogP contribution in [-0.2, 0) is 16.0 Å². The molecule has 4 bridgehead atoms. The Morgan fingerprint density at radius 2 is 2.06 bits per heavy atom. The van der Waals surface area contributed by atoms with Crippen LogP contribution in [0.15, 0.2) is 18.3 Å². The molecule has 0 spiro atoms. The van der Waals surface area contributed by atoms with Crippen LogP contribution in [0.25, 0.3) is 0 Å². The molecule has 5 rings (SSSR count). The Morgan fingerprint density at radius 3 is 2.94 bits per heavy atom. The number of amides is 1. The smallest absolute Gasteiger partial charge is 0.227 e. The molecule has 32 heavy (non-hydrogen) atoms. The lowest BCUT2D eigenvalue weighted by atomic mass is 10.00. The minimum Gasteiger partial charge on any atom is -0.489 e. The SMILES string of the molecule is CN1CCN2c3ncc(Cl)c(n3)Nc3cc4c(c(c3)OCCOC[C@@H]2C1)N(C)C(=O)CC4. The fraction of sp³-hybridized carbons (Fsp3) is 0.500. The number of halogens is 1. The first kappa shape index (κ1) is 21.2. The summed E-state index contributed by atoms with van der Waals surface area (Å²) in [5, 5.41) is 3.79. The van der Waals surface area contributed by atoms with E-state index in [2.05, 4.69) is 27.1 Å². The number of carbonyl (C=O) groups is 1. The van der Waals surface area contributed by atoms with Gasteiger partial charge in [0.1, 0.15) is 17.4 Å². The molecule has 0 unspecified atom stereocenters. The molecule has 3 aliphatic heterocycles. The monoisotopic (exact) mass is 458 g/mol. The summed E-state index contributed by atoms with van der Waals surface area (Å²) in [5.41, 5.74) is 2.67. The predicted molar refractivity (Wildman–Crippen MR) is 123 cm³/mol. The third kappa shape index (κ3) is 4.07. The Labute approximate surface area is 192 Å². The summed E-state index contributed by atoms with van der Waals surface area (Å²) in [4.78, 5) is 27.7. The van der Waals surface area contributed by atoms with E-state index >= 15 is 0 Å². The van der Waals surface area contributed by atoms with Crippen molar-refractivity contribution in [2.45, 2.75) is 18.9 Å². The van der Waals surface area contributed by atoms with Crippen LogP contribution in [0.4, 0.5) is 23.1 Å². The predicted octanol–water partition coefficient (Wildman–Crippen LogP) is 2.31. The van der Waals surface area contributed by atoms with Crippen LogP contribution in [0.5, 0.6) is 5.75 Å². The number of aryl methyl sites for hydroxylation is 1. The fourth-order valence-corrected chi connectivity index (χ4v) is 4.66. The summed E-state index contributed by atoms with van der Waals surface area (Å²) in [6.45, 7) is 3.97. The lowest BCUT2D eigenvalue weighted by Gasteiger charge is -2.40. The van der Waals surface area contributed by atoms with Gasteiger partial charge in [0.25, 0.3) is 0 Å². The zero-order chi connectivity index (χ0) is 22.2. The fourth-order valence-electron chi connectivity index (χ4n) is 4.52. The molecular weight excluding hydrogens is 432 g/mol. The number of nitrogens with zero attached hydrogens (tertiary/aromatic N) is 5. The van der Waals surface area contributed by atoms with E-state index in [1.807, 2.05) is 12.1 Å². The lowest BCUT2D eigenvalue weighted by molar-refractivity contribution is -0.118. The van der Waals surface area contributed by atoms with E-state index in [1.165, 1.54) is 0 Å². The van der Waals surface area contributed by atoms with Gasteiger partial charge >= 0.3 is 0 Å². The summed E-state index contributed by atoms with van der Waals surface area (Å²) in [7, 11) is 3.89. The van der Waals surface area contributed by atoms with Gasteiger partial charge in [0.2, 0.25) is 11.9 Å². The molecule has 0 radical (unpaired) electrons. The van der Waals surface area contributed by atoms with Gasteiger partial charge in [0.05, 0.1) is 31.1 Å². The second-order valence-electron chi connectivity index (χ2n) is 8.46. The van der Waals surface area contributed by atoms with Gasteiger partial charge in [-0.05, 0) is 25.1 Å². The number of rotatable bonds is 0. The van der Waals surface area contributed by atoms with E-state index in [1.54, 1.807) is 18.1 Å². The van der Waals surface area contributed by atoms with Gasteiger partial charge < -0.3 is 29.5 Å². The molecule has 9 nitrogen and oxygen atoms in total. The Balaban J connectivity index is 1.55. The Kier molecular flexibility index (Phi) is 5.79. The normalized spacial score (nSPS) is 21.7. The maximum absolute atomic E-state index is 12.3. The maximum Gasteiger partial charge on any atom is 0.227 e. The first-order chi connectivity index (χ1) is 15.5. The zero-order valence-corrected chi connectivity index (χ0v) is 19.1. The highest BCUT2D eigenvalue weighted by molar-refractivity contribution is 6.32. The summed E-state index contributed by atoms with van der Waals surface area (Å²) in [6.07, 6.45) is 2.77. The van der Waals surface area contributed by atoms with Gasteiger partial charge in [0.15, 0.2) is 5.82 Å². The number of piperazine rings is 1. The number of nitrogens with one attached hydrogen (secondary N) is 1. The van der Waals surface area contributed by atoms with E-state index in [-0.39, 0.29) is 11.9 Å². The molecule has 2 aromatic rings. The molecule has 0 aliphatic carbocycles. The second-order valence-corrected chi connectivity index (χ2v) is 8.87. The molecule has 1 aromatic heterocycles. The number of hydrogen-bond donors (Lipinski definition) is 1. The Morgan fingerprint density at radius 1 is 1.19 bits per heavy atom.